The first-order valence-corrected chi connectivity index (χ1v) is 11.5. The number of benzene rings is 1. The molecule has 2 N–H and O–H groups in total. The van der Waals surface area contributed by atoms with Crippen LogP contribution >= 0.6 is 0 Å². The van der Waals surface area contributed by atoms with E-state index in [2.05, 4.69) is 24.5 Å². The number of rotatable bonds is 8. The average Bonchev–Trinajstić information content (AvgIpc) is 2.71. The average molecular weight is 430 g/mol. The quantitative estimate of drug-likeness (QED) is 0.663. The van der Waals surface area contributed by atoms with Gasteiger partial charge in [-0.3, -0.25) is 14.4 Å². The van der Waals surface area contributed by atoms with Gasteiger partial charge in [0.05, 0.1) is 0 Å². The van der Waals surface area contributed by atoms with Crippen LogP contribution in [0.1, 0.15) is 69.8 Å². The summed E-state index contributed by atoms with van der Waals surface area (Å²) < 4.78 is 0. The van der Waals surface area contributed by atoms with Gasteiger partial charge in [0.15, 0.2) is 0 Å². The van der Waals surface area contributed by atoms with Crippen molar-refractivity contribution in [2.45, 2.75) is 72.9 Å². The Morgan fingerprint density at radius 3 is 2.23 bits per heavy atom. The molecular weight excluding hydrogens is 390 g/mol. The minimum atomic E-state index is -0.614. The predicted molar refractivity (Wildman–Crippen MR) is 124 cm³/mol. The Hall–Kier alpha value is -2.37. The van der Waals surface area contributed by atoms with Gasteiger partial charge < -0.3 is 15.5 Å². The van der Waals surface area contributed by atoms with Crippen LogP contribution in [0.3, 0.4) is 0 Å². The number of nitrogens with zero attached hydrogens (tertiary/aromatic N) is 1. The summed E-state index contributed by atoms with van der Waals surface area (Å²) in [5.41, 5.74) is 1.55. The standard InChI is InChI=1S/C25H39N3O3/c1-16(2)14-22(29)28-12-10-20(11-13-28)23(25(31)26-19(6)17(3)4)27-24(30)21-9-7-8-18(5)15-21/h7-9,15-17,19-20,23H,10-14H2,1-6H3,(H,26,31)(H,27,30)/t19-,23+/m1/s1. The monoisotopic (exact) mass is 429 g/mol. The van der Waals surface area contributed by atoms with Crippen molar-refractivity contribution in [1.82, 2.24) is 15.5 Å². The SMILES string of the molecule is Cc1cccc(C(=O)N[C@H](C(=O)N[C@H](C)C(C)C)C2CCN(C(=O)CC(C)C)CC2)c1. The van der Waals surface area contributed by atoms with Gasteiger partial charge in [0, 0.05) is 31.1 Å². The number of aryl methyl sites for hydroxylation is 1. The summed E-state index contributed by atoms with van der Waals surface area (Å²) in [6.45, 7) is 13.4. The predicted octanol–water partition coefficient (Wildman–Crippen LogP) is 3.54. The van der Waals surface area contributed by atoms with E-state index in [1.165, 1.54) is 0 Å². The molecule has 1 heterocycles. The molecule has 0 aliphatic carbocycles. The zero-order chi connectivity index (χ0) is 23.1. The molecular formula is C25H39N3O3. The summed E-state index contributed by atoms with van der Waals surface area (Å²) >= 11 is 0. The smallest absolute Gasteiger partial charge is 0.251 e. The molecule has 6 heteroatoms. The van der Waals surface area contributed by atoms with Crippen molar-refractivity contribution in [1.29, 1.82) is 0 Å². The maximum absolute atomic E-state index is 13.1. The van der Waals surface area contributed by atoms with Crippen LogP contribution in [0, 0.1) is 24.7 Å². The lowest BCUT2D eigenvalue weighted by Gasteiger charge is -2.36. The number of hydrogen-bond donors (Lipinski definition) is 2. The zero-order valence-electron chi connectivity index (χ0n) is 19.9. The molecule has 2 rings (SSSR count). The first kappa shape index (κ1) is 24.9. The fourth-order valence-electron chi connectivity index (χ4n) is 3.85. The Kier molecular flexibility index (Phi) is 9.08. The third-order valence-corrected chi connectivity index (χ3v) is 6.17. The fourth-order valence-corrected chi connectivity index (χ4v) is 3.85. The summed E-state index contributed by atoms with van der Waals surface area (Å²) in [4.78, 5) is 40.4. The molecule has 1 aliphatic rings. The van der Waals surface area contributed by atoms with Crippen molar-refractivity contribution < 1.29 is 14.4 Å². The first-order valence-electron chi connectivity index (χ1n) is 11.5. The van der Waals surface area contributed by atoms with Gasteiger partial charge in [-0.15, -0.1) is 0 Å². The molecule has 1 aliphatic heterocycles. The Morgan fingerprint density at radius 2 is 1.68 bits per heavy atom. The van der Waals surface area contributed by atoms with Crippen molar-refractivity contribution in [3.63, 3.8) is 0 Å². The Morgan fingerprint density at radius 1 is 1.03 bits per heavy atom. The number of carbonyl (C=O) groups excluding carboxylic acids is 3. The minimum Gasteiger partial charge on any atom is -0.352 e. The molecule has 1 saturated heterocycles. The molecule has 0 bridgehead atoms. The summed E-state index contributed by atoms with van der Waals surface area (Å²) in [6.07, 6.45) is 1.95. The molecule has 31 heavy (non-hydrogen) atoms. The van der Waals surface area contributed by atoms with Crippen LogP contribution in [0.4, 0.5) is 0 Å². The van der Waals surface area contributed by atoms with E-state index >= 15 is 0 Å². The summed E-state index contributed by atoms with van der Waals surface area (Å²) in [5, 5.41) is 6.07. The van der Waals surface area contributed by atoms with E-state index in [1.807, 2.05) is 50.8 Å². The Balaban J connectivity index is 2.11. The van der Waals surface area contributed by atoms with Gasteiger partial charge in [0.1, 0.15) is 6.04 Å². The van der Waals surface area contributed by atoms with E-state index in [0.717, 1.165) is 5.56 Å². The van der Waals surface area contributed by atoms with Gasteiger partial charge in [0.2, 0.25) is 11.8 Å². The second-order valence-corrected chi connectivity index (χ2v) is 9.68. The van der Waals surface area contributed by atoms with Crippen molar-refractivity contribution in [3.05, 3.63) is 35.4 Å². The summed E-state index contributed by atoms with van der Waals surface area (Å²) in [7, 11) is 0. The van der Waals surface area contributed by atoms with E-state index in [1.54, 1.807) is 6.07 Å². The van der Waals surface area contributed by atoms with Crippen molar-refractivity contribution in [2.24, 2.45) is 17.8 Å². The van der Waals surface area contributed by atoms with Crippen LogP contribution in [0.25, 0.3) is 0 Å². The lowest BCUT2D eigenvalue weighted by molar-refractivity contribution is -0.133. The second kappa shape index (κ2) is 11.3. The molecule has 1 aromatic carbocycles. The maximum atomic E-state index is 13.1. The van der Waals surface area contributed by atoms with Crippen LogP contribution in [0.15, 0.2) is 24.3 Å². The van der Waals surface area contributed by atoms with Crippen molar-refractivity contribution >= 4 is 17.7 Å². The third-order valence-electron chi connectivity index (χ3n) is 6.17. The zero-order valence-corrected chi connectivity index (χ0v) is 19.9. The van der Waals surface area contributed by atoms with Crippen LogP contribution in [0.5, 0.6) is 0 Å². The lowest BCUT2D eigenvalue weighted by Crippen LogP contribution is -2.55. The van der Waals surface area contributed by atoms with Crippen LogP contribution < -0.4 is 10.6 Å². The third kappa shape index (κ3) is 7.37. The normalized spacial score (nSPS) is 16.8. The fraction of sp³-hybridized carbons (Fsp3) is 0.640. The highest BCUT2D eigenvalue weighted by molar-refractivity contribution is 5.97. The van der Waals surface area contributed by atoms with E-state index in [-0.39, 0.29) is 29.7 Å². The molecule has 0 radical (unpaired) electrons. The van der Waals surface area contributed by atoms with Crippen molar-refractivity contribution in [3.8, 4) is 0 Å². The van der Waals surface area contributed by atoms with E-state index in [9.17, 15) is 14.4 Å². The molecule has 1 fully saturated rings. The number of nitrogens with one attached hydrogen (secondary N) is 2. The molecule has 2 atom stereocenters. The molecule has 0 aromatic heterocycles. The number of likely N-dealkylation sites (tertiary alicyclic amines) is 1. The Labute approximate surface area is 187 Å². The van der Waals surface area contributed by atoms with Crippen LogP contribution in [-0.2, 0) is 9.59 Å². The highest BCUT2D eigenvalue weighted by Crippen LogP contribution is 2.23. The van der Waals surface area contributed by atoms with Crippen molar-refractivity contribution in [2.75, 3.05) is 13.1 Å². The number of carbonyl (C=O) groups is 3. The molecule has 0 spiro atoms. The molecule has 172 valence electrons. The van der Waals surface area contributed by atoms with Gasteiger partial charge in [-0.25, -0.2) is 0 Å². The number of piperidine rings is 1. The molecule has 0 saturated carbocycles. The van der Waals surface area contributed by atoms with E-state index in [4.69, 9.17) is 0 Å². The van der Waals surface area contributed by atoms with Gasteiger partial charge in [-0.05, 0) is 56.6 Å². The summed E-state index contributed by atoms with van der Waals surface area (Å²) in [6, 6.07) is 6.78. The number of hydrogen-bond acceptors (Lipinski definition) is 3. The van der Waals surface area contributed by atoms with Crippen LogP contribution in [-0.4, -0.2) is 47.8 Å². The van der Waals surface area contributed by atoms with Crippen LogP contribution in [0.2, 0.25) is 0 Å². The maximum Gasteiger partial charge on any atom is 0.251 e. The molecule has 3 amide bonds. The minimum absolute atomic E-state index is 0.00350. The molecule has 0 unspecified atom stereocenters. The Bertz CT molecular complexity index is 767. The van der Waals surface area contributed by atoms with Gasteiger partial charge in [-0.2, -0.15) is 0 Å². The van der Waals surface area contributed by atoms with Gasteiger partial charge in [-0.1, -0.05) is 45.4 Å². The molecule has 6 nitrogen and oxygen atoms in total. The molecule has 1 aromatic rings. The lowest BCUT2D eigenvalue weighted by atomic mass is 9.87. The summed E-state index contributed by atoms with van der Waals surface area (Å²) in [5.74, 6) is 0.416. The first-order chi connectivity index (χ1) is 14.6. The van der Waals surface area contributed by atoms with Gasteiger partial charge >= 0.3 is 0 Å². The number of amides is 3. The highest BCUT2D eigenvalue weighted by atomic mass is 16.2. The largest absolute Gasteiger partial charge is 0.352 e. The van der Waals surface area contributed by atoms with E-state index in [0.29, 0.717) is 49.8 Å². The van der Waals surface area contributed by atoms with E-state index < -0.39 is 6.04 Å². The van der Waals surface area contributed by atoms with Gasteiger partial charge in [0.25, 0.3) is 5.91 Å². The second-order valence-electron chi connectivity index (χ2n) is 9.68. The topological polar surface area (TPSA) is 78.5 Å². The highest BCUT2D eigenvalue weighted by Gasteiger charge is 2.34.